The van der Waals surface area contributed by atoms with E-state index in [4.69, 9.17) is 9.47 Å². The van der Waals surface area contributed by atoms with Crippen molar-refractivity contribution in [3.63, 3.8) is 0 Å². The lowest BCUT2D eigenvalue weighted by Crippen LogP contribution is -2.33. The number of aliphatic imine (C=N–C) groups is 1. The number of amidine groups is 1. The first-order valence-corrected chi connectivity index (χ1v) is 9.06. The van der Waals surface area contributed by atoms with Gasteiger partial charge in [0.15, 0.2) is 5.17 Å². The van der Waals surface area contributed by atoms with Gasteiger partial charge >= 0.3 is 0 Å². The molecule has 0 saturated carbocycles. The Morgan fingerprint density at radius 1 is 1.19 bits per heavy atom. The molecule has 1 aliphatic rings. The van der Waals surface area contributed by atoms with E-state index in [1.807, 2.05) is 0 Å². The first-order valence-electron chi connectivity index (χ1n) is 8.08. The van der Waals surface area contributed by atoms with Gasteiger partial charge in [0.2, 0.25) is 0 Å². The Bertz CT molecular complexity index is 824. The molecule has 0 radical (unpaired) electrons. The fourth-order valence-corrected chi connectivity index (χ4v) is 3.59. The Kier molecular flexibility index (Phi) is 5.78. The first-order chi connectivity index (χ1) is 12.6. The van der Waals surface area contributed by atoms with Crippen LogP contribution in [0.5, 0.6) is 11.5 Å². The molecule has 136 valence electrons. The van der Waals surface area contributed by atoms with Crippen LogP contribution >= 0.6 is 11.8 Å². The summed E-state index contributed by atoms with van der Waals surface area (Å²) in [5, 5.41) is 0.664. The third-order valence-corrected chi connectivity index (χ3v) is 5.05. The molecule has 26 heavy (non-hydrogen) atoms. The molecule has 0 saturated heterocycles. The van der Waals surface area contributed by atoms with Crippen LogP contribution in [-0.2, 0) is 5.75 Å². The number of nitrogens with zero attached hydrogens (tertiary/aromatic N) is 2. The summed E-state index contributed by atoms with van der Waals surface area (Å²) in [6.45, 7) is 1.09. The van der Waals surface area contributed by atoms with Crippen LogP contribution in [0.4, 0.5) is 4.39 Å². The molecule has 0 fully saturated rings. The Labute approximate surface area is 155 Å². The average Bonchev–Trinajstić information content (AvgIpc) is 3.15. The van der Waals surface area contributed by atoms with Gasteiger partial charge in [-0.25, -0.2) is 4.39 Å². The highest BCUT2D eigenvalue weighted by atomic mass is 32.2. The number of carbonyl (C=O) groups is 1. The van der Waals surface area contributed by atoms with Crippen molar-refractivity contribution in [1.29, 1.82) is 0 Å². The van der Waals surface area contributed by atoms with Crippen LogP contribution in [-0.4, -0.2) is 43.3 Å². The van der Waals surface area contributed by atoms with Gasteiger partial charge in [0.1, 0.15) is 17.3 Å². The van der Waals surface area contributed by atoms with Crippen molar-refractivity contribution < 1.29 is 18.7 Å². The maximum absolute atomic E-state index is 13.0. The number of thioether (sulfide) groups is 1. The molecular weight excluding hydrogens is 355 g/mol. The van der Waals surface area contributed by atoms with Crippen LogP contribution < -0.4 is 9.47 Å². The summed E-state index contributed by atoms with van der Waals surface area (Å²) in [6, 6.07) is 11.4. The maximum atomic E-state index is 13.0. The SMILES string of the molecule is COc1ccc(C(=O)N2CCN=C2SCc2ccc(F)cc2)c(OC)c1. The molecule has 0 bridgehead atoms. The maximum Gasteiger partial charge on any atom is 0.263 e. The van der Waals surface area contributed by atoms with E-state index in [-0.39, 0.29) is 11.7 Å². The van der Waals surface area contributed by atoms with Crippen LogP contribution in [0.1, 0.15) is 15.9 Å². The predicted molar refractivity (Wildman–Crippen MR) is 101 cm³/mol. The molecule has 0 aliphatic carbocycles. The third kappa shape index (κ3) is 3.99. The number of methoxy groups -OCH3 is 2. The smallest absolute Gasteiger partial charge is 0.263 e. The van der Waals surface area contributed by atoms with Gasteiger partial charge in [-0.15, -0.1) is 0 Å². The summed E-state index contributed by atoms with van der Waals surface area (Å²) in [7, 11) is 3.08. The molecule has 3 rings (SSSR count). The number of halogens is 1. The van der Waals surface area contributed by atoms with Gasteiger partial charge in [-0.3, -0.25) is 14.7 Å². The van der Waals surface area contributed by atoms with E-state index in [0.717, 1.165) is 5.56 Å². The molecule has 1 amide bonds. The third-order valence-electron chi connectivity index (χ3n) is 3.97. The fraction of sp³-hybridized carbons (Fsp3) is 0.263. The molecule has 0 aromatic heterocycles. The van der Waals surface area contributed by atoms with E-state index in [2.05, 4.69) is 4.99 Å². The summed E-state index contributed by atoms with van der Waals surface area (Å²) < 4.78 is 23.5. The van der Waals surface area contributed by atoms with Crippen molar-refractivity contribution in [3.05, 3.63) is 59.4 Å². The lowest BCUT2D eigenvalue weighted by atomic mass is 10.1. The van der Waals surface area contributed by atoms with Gasteiger partial charge < -0.3 is 9.47 Å². The van der Waals surface area contributed by atoms with E-state index in [1.54, 1.807) is 42.3 Å². The van der Waals surface area contributed by atoms with Crippen molar-refractivity contribution in [1.82, 2.24) is 4.90 Å². The number of hydrogen-bond donors (Lipinski definition) is 0. The Morgan fingerprint density at radius 3 is 2.65 bits per heavy atom. The minimum Gasteiger partial charge on any atom is -0.497 e. The number of ether oxygens (including phenoxy) is 2. The van der Waals surface area contributed by atoms with Crippen molar-refractivity contribution >= 4 is 22.8 Å². The van der Waals surface area contributed by atoms with Crippen molar-refractivity contribution in [2.75, 3.05) is 27.3 Å². The van der Waals surface area contributed by atoms with Crippen LogP contribution in [0, 0.1) is 5.82 Å². The molecule has 1 aliphatic heterocycles. The molecule has 5 nitrogen and oxygen atoms in total. The summed E-state index contributed by atoms with van der Waals surface area (Å²) in [5.41, 5.74) is 1.44. The first kappa shape index (κ1) is 18.3. The minimum absolute atomic E-state index is 0.160. The number of benzene rings is 2. The molecule has 0 unspecified atom stereocenters. The average molecular weight is 374 g/mol. The Balaban J connectivity index is 1.73. The van der Waals surface area contributed by atoms with Crippen LogP contribution in [0.25, 0.3) is 0 Å². The highest BCUT2D eigenvalue weighted by Gasteiger charge is 2.27. The zero-order chi connectivity index (χ0) is 18.5. The fourth-order valence-electron chi connectivity index (χ4n) is 2.59. The number of hydrogen-bond acceptors (Lipinski definition) is 5. The topological polar surface area (TPSA) is 51.1 Å². The second kappa shape index (κ2) is 8.23. The molecule has 2 aromatic carbocycles. The zero-order valence-electron chi connectivity index (χ0n) is 14.6. The number of rotatable bonds is 5. The standard InChI is InChI=1S/C19H19FN2O3S/c1-24-15-7-8-16(17(11-15)25-2)18(23)22-10-9-21-19(22)26-12-13-3-5-14(20)6-4-13/h3-8,11H,9-10,12H2,1-2H3. The van der Waals surface area contributed by atoms with Crippen molar-refractivity contribution in [2.24, 2.45) is 4.99 Å². The van der Waals surface area contributed by atoms with E-state index in [9.17, 15) is 9.18 Å². The summed E-state index contributed by atoms with van der Waals surface area (Å²) in [4.78, 5) is 19.0. The van der Waals surface area contributed by atoms with Gasteiger partial charge in [-0.2, -0.15) is 0 Å². The summed E-state index contributed by atoms with van der Waals surface area (Å²) in [5.74, 6) is 1.28. The Morgan fingerprint density at radius 2 is 1.96 bits per heavy atom. The summed E-state index contributed by atoms with van der Waals surface area (Å²) in [6.07, 6.45) is 0. The predicted octanol–water partition coefficient (Wildman–Crippen LogP) is 3.59. The van der Waals surface area contributed by atoms with E-state index in [1.165, 1.54) is 31.0 Å². The van der Waals surface area contributed by atoms with Gasteiger partial charge in [-0.05, 0) is 29.8 Å². The van der Waals surface area contributed by atoms with Gasteiger partial charge in [0, 0.05) is 18.4 Å². The monoisotopic (exact) mass is 374 g/mol. The second-order valence-corrected chi connectivity index (χ2v) is 6.54. The highest BCUT2D eigenvalue weighted by molar-refractivity contribution is 8.13. The minimum atomic E-state index is -0.264. The van der Waals surface area contributed by atoms with E-state index >= 15 is 0 Å². The number of carbonyl (C=O) groups excluding carboxylic acids is 1. The van der Waals surface area contributed by atoms with Gasteiger partial charge in [0.05, 0.1) is 26.3 Å². The quantitative estimate of drug-likeness (QED) is 0.803. The Hall–Kier alpha value is -2.54. The molecule has 7 heteroatoms. The largest absolute Gasteiger partial charge is 0.497 e. The molecule has 2 aromatic rings. The molecular formula is C19H19FN2O3S. The molecule has 0 spiro atoms. The second-order valence-electron chi connectivity index (χ2n) is 5.60. The highest BCUT2D eigenvalue weighted by Crippen LogP contribution is 2.28. The number of amides is 1. The van der Waals surface area contributed by atoms with E-state index in [0.29, 0.717) is 41.1 Å². The van der Waals surface area contributed by atoms with E-state index < -0.39 is 0 Å². The van der Waals surface area contributed by atoms with Crippen LogP contribution in [0.2, 0.25) is 0 Å². The van der Waals surface area contributed by atoms with Crippen LogP contribution in [0.3, 0.4) is 0 Å². The molecule has 0 N–H and O–H groups in total. The lowest BCUT2D eigenvalue weighted by Gasteiger charge is -2.19. The summed E-state index contributed by atoms with van der Waals surface area (Å²) >= 11 is 1.46. The normalized spacial score (nSPS) is 13.5. The van der Waals surface area contributed by atoms with Crippen molar-refractivity contribution in [3.8, 4) is 11.5 Å². The zero-order valence-corrected chi connectivity index (χ0v) is 15.4. The molecule has 0 atom stereocenters. The molecule has 1 heterocycles. The van der Waals surface area contributed by atoms with Crippen LogP contribution in [0.15, 0.2) is 47.5 Å². The van der Waals surface area contributed by atoms with Gasteiger partial charge in [0.25, 0.3) is 5.91 Å². The lowest BCUT2D eigenvalue weighted by molar-refractivity contribution is 0.0857. The van der Waals surface area contributed by atoms with Gasteiger partial charge in [-0.1, -0.05) is 23.9 Å². The van der Waals surface area contributed by atoms with Crippen molar-refractivity contribution in [2.45, 2.75) is 5.75 Å².